The molecule has 0 aliphatic heterocycles. The van der Waals surface area contributed by atoms with Gasteiger partial charge in [0, 0.05) is 17.6 Å². The molecule has 4 heteroatoms. The van der Waals surface area contributed by atoms with Crippen LogP contribution in [0, 0.1) is 0 Å². The third-order valence-corrected chi connectivity index (χ3v) is 4.97. The van der Waals surface area contributed by atoms with Gasteiger partial charge in [-0.1, -0.05) is 73.8 Å². The van der Waals surface area contributed by atoms with Crippen LogP contribution in [-0.2, 0) is 24.5 Å². The summed E-state index contributed by atoms with van der Waals surface area (Å²) in [5, 5.41) is 0. The number of carbonyl (C=O) groups excluding carboxylic acids is 2. The SMILES string of the molecule is C=CC(=O)OCCCC(CCCOC(=O)C=C)(c1ccccc1)c1ccccc1. The summed E-state index contributed by atoms with van der Waals surface area (Å²) in [5.74, 6) is -0.822. The molecule has 0 spiro atoms. The molecule has 0 unspecified atom stereocenters. The molecule has 0 amide bonds. The van der Waals surface area contributed by atoms with Crippen molar-refractivity contribution in [3.63, 3.8) is 0 Å². The fraction of sp³-hybridized carbons (Fsp3) is 0.280. The minimum absolute atomic E-state index is 0.274. The van der Waals surface area contributed by atoms with Crippen LogP contribution in [0.15, 0.2) is 86.0 Å². The Balaban J connectivity index is 2.26. The number of carbonyl (C=O) groups is 2. The zero-order valence-electron chi connectivity index (χ0n) is 16.7. The predicted octanol–water partition coefficient (Wildman–Crippen LogP) is 4.99. The Morgan fingerprint density at radius 1 is 0.724 bits per heavy atom. The van der Waals surface area contributed by atoms with Crippen LogP contribution in [0.25, 0.3) is 0 Å². The second kappa shape index (κ2) is 11.6. The summed E-state index contributed by atoms with van der Waals surface area (Å²) in [6, 6.07) is 20.6. The maximum atomic E-state index is 11.4. The number of hydrogen-bond donors (Lipinski definition) is 0. The summed E-state index contributed by atoms with van der Waals surface area (Å²) < 4.78 is 10.4. The third-order valence-electron chi connectivity index (χ3n) is 4.97. The Morgan fingerprint density at radius 2 is 1.10 bits per heavy atom. The minimum atomic E-state index is -0.411. The van der Waals surface area contributed by atoms with Crippen LogP contribution >= 0.6 is 0 Å². The molecule has 0 saturated heterocycles. The average molecular weight is 392 g/mol. The lowest BCUT2D eigenvalue weighted by Crippen LogP contribution is -2.29. The highest BCUT2D eigenvalue weighted by molar-refractivity contribution is 5.81. The molecule has 0 aliphatic rings. The molecule has 0 aliphatic carbocycles. The molecule has 152 valence electrons. The first-order chi connectivity index (χ1) is 14.1. The van der Waals surface area contributed by atoms with E-state index in [2.05, 4.69) is 37.4 Å². The number of ether oxygens (including phenoxy) is 2. The maximum absolute atomic E-state index is 11.4. The molecule has 2 aromatic carbocycles. The van der Waals surface area contributed by atoms with Crippen LogP contribution in [0.4, 0.5) is 0 Å². The van der Waals surface area contributed by atoms with E-state index in [4.69, 9.17) is 9.47 Å². The topological polar surface area (TPSA) is 52.6 Å². The quantitative estimate of drug-likeness (QED) is 0.290. The highest BCUT2D eigenvalue weighted by atomic mass is 16.5. The van der Waals surface area contributed by atoms with Crippen molar-refractivity contribution in [3.8, 4) is 0 Å². The van der Waals surface area contributed by atoms with E-state index < -0.39 is 11.9 Å². The van der Waals surface area contributed by atoms with Gasteiger partial charge in [-0.25, -0.2) is 9.59 Å². The summed E-state index contributed by atoms with van der Waals surface area (Å²) in [4.78, 5) is 22.8. The fourth-order valence-corrected chi connectivity index (χ4v) is 3.59. The molecule has 0 fully saturated rings. The normalized spacial score (nSPS) is 10.8. The van der Waals surface area contributed by atoms with Gasteiger partial charge in [-0.15, -0.1) is 0 Å². The number of rotatable bonds is 12. The fourth-order valence-electron chi connectivity index (χ4n) is 3.59. The van der Waals surface area contributed by atoms with Crippen LogP contribution in [-0.4, -0.2) is 25.2 Å². The highest BCUT2D eigenvalue weighted by Gasteiger charge is 2.33. The second-order valence-corrected chi connectivity index (χ2v) is 6.76. The van der Waals surface area contributed by atoms with Gasteiger partial charge in [0.1, 0.15) is 0 Å². The van der Waals surface area contributed by atoms with Crippen molar-refractivity contribution < 1.29 is 19.1 Å². The van der Waals surface area contributed by atoms with Crippen LogP contribution in [0.1, 0.15) is 36.8 Å². The van der Waals surface area contributed by atoms with E-state index in [-0.39, 0.29) is 5.41 Å². The first-order valence-corrected chi connectivity index (χ1v) is 9.82. The molecule has 2 rings (SSSR count). The van der Waals surface area contributed by atoms with E-state index in [0.717, 1.165) is 12.8 Å². The molecule has 0 radical (unpaired) electrons. The van der Waals surface area contributed by atoms with E-state index in [1.165, 1.54) is 23.3 Å². The monoisotopic (exact) mass is 392 g/mol. The lowest BCUT2D eigenvalue weighted by Gasteiger charge is -2.35. The van der Waals surface area contributed by atoms with Crippen LogP contribution in [0.3, 0.4) is 0 Å². The lowest BCUT2D eigenvalue weighted by atomic mass is 9.68. The molecule has 2 aromatic rings. The third kappa shape index (κ3) is 6.46. The number of benzene rings is 2. The van der Waals surface area contributed by atoms with Gasteiger partial charge in [-0.2, -0.15) is 0 Å². The summed E-state index contributed by atoms with van der Waals surface area (Å²) >= 11 is 0. The first kappa shape index (κ1) is 22.2. The highest BCUT2D eigenvalue weighted by Crippen LogP contribution is 2.41. The van der Waals surface area contributed by atoms with Crippen LogP contribution in [0.5, 0.6) is 0 Å². The van der Waals surface area contributed by atoms with Gasteiger partial charge in [0.15, 0.2) is 0 Å². The second-order valence-electron chi connectivity index (χ2n) is 6.76. The summed E-state index contributed by atoms with van der Waals surface area (Å²) in [6.07, 6.45) is 5.35. The average Bonchev–Trinajstić information content (AvgIpc) is 2.78. The molecule has 0 heterocycles. The minimum Gasteiger partial charge on any atom is -0.463 e. The van der Waals surface area contributed by atoms with Crippen molar-refractivity contribution in [1.29, 1.82) is 0 Å². The van der Waals surface area contributed by atoms with Gasteiger partial charge < -0.3 is 9.47 Å². The summed E-state index contributed by atoms with van der Waals surface area (Å²) in [5.41, 5.74) is 2.11. The van der Waals surface area contributed by atoms with Gasteiger partial charge in [-0.05, 0) is 36.8 Å². The number of esters is 2. The van der Waals surface area contributed by atoms with E-state index in [9.17, 15) is 9.59 Å². The van der Waals surface area contributed by atoms with Gasteiger partial charge in [0.05, 0.1) is 13.2 Å². The maximum Gasteiger partial charge on any atom is 0.330 e. The van der Waals surface area contributed by atoms with Crippen molar-refractivity contribution in [2.45, 2.75) is 31.1 Å². The Kier molecular flexibility index (Phi) is 8.90. The predicted molar refractivity (Wildman–Crippen MR) is 114 cm³/mol. The Hall–Kier alpha value is -3.14. The molecule has 0 atom stereocenters. The van der Waals surface area contributed by atoms with Gasteiger partial charge in [0.25, 0.3) is 0 Å². The molecule has 0 saturated carbocycles. The largest absolute Gasteiger partial charge is 0.463 e. The van der Waals surface area contributed by atoms with Crippen molar-refractivity contribution in [3.05, 3.63) is 97.1 Å². The van der Waals surface area contributed by atoms with Gasteiger partial charge >= 0.3 is 11.9 Å². The summed E-state index contributed by atoms with van der Waals surface area (Å²) in [7, 11) is 0. The van der Waals surface area contributed by atoms with E-state index in [0.29, 0.717) is 26.1 Å². The van der Waals surface area contributed by atoms with Crippen LogP contribution < -0.4 is 0 Å². The van der Waals surface area contributed by atoms with Crippen molar-refractivity contribution in [2.24, 2.45) is 0 Å². The Bertz CT molecular complexity index is 727. The van der Waals surface area contributed by atoms with Crippen molar-refractivity contribution in [1.82, 2.24) is 0 Å². The molecule has 0 aromatic heterocycles. The van der Waals surface area contributed by atoms with E-state index in [1.807, 2.05) is 36.4 Å². The van der Waals surface area contributed by atoms with Crippen molar-refractivity contribution in [2.75, 3.05) is 13.2 Å². The Morgan fingerprint density at radius 3 is 1.45 bits per heavy atom. The molecular weight excluding hydrogens is 364 g/mol. The molecule has 4 nitrogen and oxygen atoms in total. The van der Waals surface area contributed by atoms with Crippen LogP contribution in [0.2, 0.25) is 0 Å². The lowest BCUT2D eigenvalue weighted by molar-refractivity contribution is -0.138. The zero-order chi connectivity index (χ0) is 21.0. The molecule has 0 N–H and O–H groups in total. The molecule has 29 heavy (non-hydrogen) atoms. The Labute approximate surface area is 172 Å². The van der Waals surface area contributed by atoms with Gasteiger partial charge in [-0.3, -0.25) is 0 Å². The molecular formula is C25H28O4. The smallest absolute Gasteiger partial charge is 0.330 e. The van der Waals surface area contributed by atoms with Gasteiger partial charge in [0.2, 0.25) is 0 Å². The number of hydrogen-bond acceptors (Lipinski definition) is 4. The zero-order valence-corrected chi connectivity index (χ0v) is 16.7. The first-order valence-electron chi connectivity index (χ1n) is 9.82. The van der Waals surface area contributed by atoms with E-state index >= 15 is 0 Å². The van der Waals surface area contributed by atoms with Crippen molar-refractivity contribution >= 4 is 11.9 Å². The van der Waals surface area contributed by atoms with E-state index in [1.54, 1.807) is 0 Å². The molecule has 0 bridgehead atoms. The standard InChI is InChI=1S/C25H28O4/c1-3-23(26)28-19-11-17-25(21-13-7-5-8-14-21,22-15-9-6-10-16-22)18-12-20-29-24(27)4-2/h3-10,13-16H,1-2,11-12,17-20H2. The summed E-state index contributed by atoms with van der Waals surface area (Å²) in [6.45, 7) is 7.52.